The molecule has 2 aromatic rings. The fourth-order valence-corrected chi connectivity index (χ4v) is 8.07. The predicted octanol–water partition coefficient (Wildman–Crippen LogP) is 2.28. The number of ether oxygens (including phenoxy) is 3. The molecule has 0 bridgehead atoms. The minimum absolute atomic E-state index is 0.0160. The van der Waals surface area contributed by atoms with Crippen molar-refractivity contribution in [2.24, 2.45) is 11.8 Å². The second kappa shape index (κ2) is 16.4. The van der Waals surface area contributed by atoms with Crippen molar-refractivity contribution in [2.45, 2.75) is 110 Å². The van der Waals surface area contributed by atoms with Crippen molar-refractivity contribution in [3.8, 4) is 0 Å². The number of aromatic nitrogens is 4. The molecule has 2 fully saturated rings. The van der Waals surface area contributed by atoms with Crippen LogP contribution >= 0.6 is 7.67 Å². The number of carbonyl (C=O) groups excluding carboxylic acids is 2. The van der Waals surface area contributed by atoms with Gasteiger partial charge < -0.3 is 39.6 Å². The van der Waals surface area contributed by atoms with Gasteiger partial charge in [0.2, 0.25) is 5.95 Å². The zero-order valence-electron chi connectivity index (χ0n) is 29.5. The number of nitrogens with zero attached hydrogens (tertiary/aromatic N) is 5. The predicted molar refractivity (Wildman–Crippen MR) is 181 cm³/mol. The summed E-state index contributed by atoms with van der Waals surface area (Å²) in [5, 5.41) is 28.6. The first kappa shape index (κ1) is 38.9. The van der Waals surface area contributed by atoms with Gasteiger partial charge in [0.15, 0.2) is 23.2 Å². The van der Waals surface area contributed by atoms with Crippen LogP contribution in [0.5, 0.6) is 0 Å². The molecular formula is C31H53N8O9P. The summed E-state index contributed by atoms with van der Waals surface area (Å²) in [7, 11) is -4.32. The van der Waals surface area contributed by atoms with Crippen molar-refractivity contribution in [2.75, 3.05) is 43.5 Å². The lowest BCUT2D eigenvalue weighted by atomic mass is 9.96. The van der Waals surface area contributed by atoms with Crippen LogP contribution in [-0.2, 0) is 32.9 Å². The molecule has 17 nitrogen and oxygen atoms in total. The first-order valence-corrected chi connectivity index (χ1v) is 18.8. The highest BCUT2D eigenvalue weighted by molar-refractivity contribution is 7.54. The van der Waals surface area contributed by atoms with E-state index < -0.39 is 62.3 Å². The Hall–Kier alpha value is -2.92. The van der Waals surface area contributed by atoms with Gasteiger partial charge in [-0.15, -0.1) is 0 Å². The standard InChI is InChI=1S/C31H53N8O9P/c1-8-18(5)21(27(41)45-10-3)36-49(44,37-22(19(6)9-2)28(42)46-11-4)47-16-20-24(40)31(7,43)29(48-20)39-17-33-23-25(38-14-12-13-15-38)34-30(32)35-26(23)39/h17-22,24,29,40,43H,8-16H2,1-7H3,(H2,32,34,35)(H2,36,37,44)/t18?,19?,20-,21+,22+,24-,29-,31-,49?/m1/s1. The average Bonchev–Trinajstić information content (AvgIpc) is 3.80. The van der Waals surface area contributed by atoms with E-state index in [4.69, 9.17) is 24.5 Å². The Morgan fingerprint density at radius 3 is 2.12 bits per heavy atom. The third-order valence-electron chi connectivity index (χ3n) is 9.38. The number of fused-ring (bicyclic) bond motifs is 1. The zero-order valence-corrected chi connectivity index (χ0v) is 30.4. The number of rotatable bonds is 17. The minimum Gasteiger partial charge on any atom is -0.465 e. The van der Waals surface area contributed by atoms with Crippen LogP contribution in [0.2, 0.25) is 0 Å². The van der Waals surface area contributed by atoms with Gasteiger partial charge in [-0.1, -0.05) is 40.5 Å². The molecule has 0 saturated carbocycles. The molecule has 2 aliphatic heterocycles. The van der Waals surface area contributed by atoms with Gasteiger partial charge in [0.05, 0.1) is 26.1 Å². The molecule has 4 heterocycles. The van der Waals surface area contributed by atoms with Crippen LogP contribution in [0, 0.1) is 11.8 Å². The number of hydrogen-bond acceptors (Lipinski definition) is 14. The number of nitrogens with two attached hydrogens (primary N) is 1. The number of esters is 2. The first-order valence-electron chi connectivity index (χ1n) is 17.1. The van der Waals surface area contributed by atoms with Crippen molar-refractivity contribution >= 4 is 42.5 Å². The Balaban J connectivity index is 1.64. The Morgan fingerprint density at radius 1 is 1.06 bits per heavy atom. The summed E-state index contributed by atoms with van der Waals surface area (Å²) in [5.41, 5.74) is 4.96. The summed E-state index contributed by atoms with van der Waals surface area (Å²) in [5.74, 6) is -1.36. The van der Waals surface area contributed by atoms with Crippen molar-refractivity contribution < 1.29 is 43.1 Å². The summed E-state index contributed by atoms with van der Waals surface area (Å²) in [4.78, 5) is 41.4. The van der Waals surface area contributed by atoms with Crippen molar-refractivity contribution in [3.05, 3.63) is 6.33 Å². The number of aliphatic hydroxyl groups excluding tert-OH is 1. The van der Waals surface area contributed by atoms with Crippen LogP contribution < -0.4 is 20.8 Å². The van der Waals surface area contributed by atoms with Gasteiger partial charge >= 0.3 is 19.6 Å². The SMILES string of the molecule is CCOC(=O)[C@@H](NP(=O)(N[C@H](C(=O)OCC)C(C)CC)OC[C@H]1O[C@@H](n2cnc3c(N4CCCC4)nc(N)nc32)[C@](C)(O)[C@@H]1O)C(C)CC. The summed E-state index contributed by atoms with van der Waals surface area (Å²) >= 11 is 0. The number of carbonyl (C=O) groups is 2. The maximum absolute atomic E-state index is 14.7. The molecule has 2 aromatic heterocycles. The van der Waals surface area contributed by atoms with E-state index >= 15 is 0 Å². The van der Waals surface area contributed by atoms with Gasteiger partial charge in [-0.2, -0.15) is 9.97 Å². The molecule has 0 aromatic carbocycles. The van der Waals surface area contributed by atoms with Crippen LogP contribution in [0.25, 0.3) is 11.2 Å². The lowest BCUT2D eigenvalue weighted by Gasteiger charge is -2.32. The lowest BCUT2D eigenvalue weighted by molar-refractivity contribution is -0.147. The van der Waals surface area contributed by atoms with Gasteiger partial charge in [0, 0.05) is 13.1 Å². The lowest BCUT2D eigenvalue weighted by Crippen LogP contribution is -2.49. The fraction of sp³-hybridized carbons (Fsp3) is 0.774. The van der Waals surface area contributed by atoms with Crippen LogP contribution in [0.4, 0.5) is 11.8 Å². The van der Waals surface area contributed by atoms with E-state index in [1.165, 1.54) is 17.8 Å². The van der Waals surface area contributed by atoms with E-state index in [-0.39, 0.29) is 31.0 Å². The van der Waals surface area contributed by atoms with E-state index in [1.807, 2.05) is 13.8 Å². The molecule has 276 valence electrons. The molecule has 0 amide bonds. The zero-order chi connectivity index (χ0) is 36.1. The number of aliphatic hydroxyl groups is 2. The van der Waals surface area contributed by atoms with E-state index in [2.05, 4.69) is 30.0 Å². The molecule has 0 radical (unpaired) electrons. The van der Waals surface area contributed by atoms with Crippen LogP contribution in [-0.4, -0.2) is 104 Å². The topological polar surface area (TPSA) is 226 Å². The second-order valence-corrected chi connectivity index (χ2v) is 14.8. The molecular weight excluding hydrogens is 659 g/mol. The minimum atomic E-state index is -4.32. The maximum atomic E-state index is 14.7. The Labute approximate surface area is 287 Å². The van der Waals surface area contributed by atoms with Crippen LogP contribution in [0.15, 0.2) is 6.33 Å². The molecule has 49 heavy (non-hydrogen) atoms. The molecule has 0 aliphatic carbocycles. The number of imidazole rings is 1. The van der Waals surface area contributed by atoms with Gasteiger partial charge in [-0.3, -0.25) is 18.7 Å². The first-order chi connectivity index (χ1) is 23.2. The second-order valence-electron chi connectivity index (χ2n) is 13.0. The van der Waals surface area contributed by atoms with Gasteiger partial charge in [-0.25, -0.2) is 15.2 Å². The monoisotopic (exact) mass is 712 g/mol. The highest BCUT2D eigenvalue weighted by Gasteiger charge is 2.54. The molecule has 4 rings (SSSR count). The van der Waals surface area contributed by atoms with Crippen LogP contribution in [0.3, 0.4) is 0 Å². The van der Waals surface area contributed by atoms with E-state index in [0.29, 0.717) is 29.8 Å². The average molecular weight is 713 g/mol. The quantitative estimate of drug-likeness (QED) is 0.117. The summed E-state index contributed by atoms with van der Waals surface area (Å²) < 4.78 is 38.9. The Kier molecular flexibility index (Phi) is 13.0. The number of nitrogens with one attached hydrogen (secondary N) is 2. The number of hydrogen-bond donors (Lipinski definition) is 5. The van der Waals surface area contributed by atoms with Crippen molar-refractivity contribution in [1.29, 1.82) is 0 Å². The molecule has 2 aliphatic rings. The smallest absolute Gasteiger partial charge is 0.342 e. The summed E-state index contributed by atoms with van der Waals surface area (Å²) in [6, 6.07) is -2.14. The van der Waals surface area contributed by atoms with Gasteiger partial charge in [-0.05, 0) is 45.4 Å². The summed E-state index contributed by atoms with van der Waals surface area (Å²) in [6.45, 7) is 13.3. The Morgan fingerprint density at radius 2 is 1.61 bits per heavy atom. The molecule has 2 unspecified atom stereocenters. The molecule has 0 spiro atoms. The fourth-order valence-electron chi connectivity index (χ4n) is 6.03. The van der Waals surface area contributed by atoms with Gasteiger partial charge in [0.25, 0.3) is 0 Å². The van der Waals surface area contributed by atoms with Crippen LogP contribution in [0.1, 0.15) is 80.4 Å². The number of nitrogen functional groups attached to an aromatic ring is 1. The largest absolute Gasteiger partial charge is 0.465 e. The third-order valence-corrected chi connectivity index (χ3v) is 11.1. The van der Waals surface area contributed by atoms with E-state index in [9.17, 15) is 24.4 Å². The van der Waals surface area contributed by atoms with E-state index in [0.717, 1.165) is 25.9 Å². The highest BCUT2D eigenvalue weighted by Crippen LogP contribution is 2.45. The molecule has 8 atom stereocenters. The highest BCUT2D eigenvalue weighted by atomic mass is 31.2. The number of anilines is 2. The normalized spacial score (nSPS) is 26.3. The molecule has 2 saturated heterocycles. The van der Waals surface area contributed by atoms with Crippen molar-refractivity contribution in [3.63, 3.8) is 0 Å². The molecule has 6 N–H and O–H groups in total. The third kappa shape index (κ3) is 8.52. The Bertz CT molecular complexity index is 1450. The maximum Gasteiger partial charge on any atom is 0.342 e. The van der Waals surface area contributed by atoms with E-state index in [1.54, 1.807) is 27.7 Å². The van der Waals surface area contributed by atoms with Gasteiger partial charge in [0.1, 0.15) is 29.9 Å². The summed E-state index contributed by atoms with van der Waals surface area (Å²) in [6.07, 6.45) is 0.547. The molecule has 18 heteroatoms. The van der Waals surface area contributed by atoms with Crippen molar-refractivity contribution in [1.82, 2.24) is 29.7 Å².